The topological polar surface area (TPSA) is 98.1 Å². The summed E-state index contributed by atoms with van der Waals surface area (Å²) in [6.45, 7) is 1.85. The van der Waals surface area contributed by atoms with Gasteiger partial charge in [-0.05, 0) is 43.8 Å². The second-order valence-corrected chi connectivity index (χ2v) is 3.49. The van der Waals surface area contributed by atoms with Gasteiger partial charge >= 0.3 is 5.97 Å². The van der Waals surface area contributed by atoms with Crippen molar-refractivity contribution < 1.29 is 9.90 Å². The summed E-state index contributed by atoms with van der Waals surface area (Å²) in [7, 11) is 0. The lowest BCUT2D eigenvalue weighted by molar-refractivity contribution is -0.138. The van der Waals surface area contributed by atoms with E-state index in [1.54, 1.807) is 0 Å². The van der Waals surface area contributed by atoms with Crippen LogP contribution in [0.4, 0.5) is 0 Å². The molecule has 0 bridgehead atoms. The van der Waals surface area contributed by atoms with E-state index in [1.165, 1.54) is 0 Å². The molecule has 78 valence electrons. The third-order valence-electron chi connectivity index (χ3n) is 2.49. The van der Waals surface area contributed by atoms with E-state index in [0.29, 0.717) is 12.3 Å². The van der Waals surface area contributed by atoms with Crippen LogP contribution in [-0.4, -0.2) is 30.2 Å². The molecule has 1 aliphatic rings. The lowest BCUT2D eigenvalue weighted by Crippen LogP contribution is -2.31. The molecule has 6 nitrogen and oxygen atoms in total. The minimum atomic E-state index is -1.03. The molecule has 1 heterocycles. The second kappa shape index (κ2) is 5.47. The molecule has 0 aliphatic carbocycles. The zero-order chi connectivity index (χ0) is 10.4. The number of piperidine rings is 1. The van der Waals surface area contributed by atoms with Crippen LogP contribution < -0.4 is 5.32 Å². The third kappa shape index (κ3) is 3.24. The molecule has 0 amide bonds. The molecule has 1 aliphatic heterocycles. The summed E-state index contributed by atoms with van der Waals surface area (Å²) in [6.07, 6.45) is 2.39. The van der Waals surface area contributed by atoms with E-state index in [-0.39, 0.29) is 0 Å². The van der Waals surface area contributed by atoms with Crippen LogP contribution in [0.5, 0.6) is 0 Å². The quantitative estimate of drug-likeness (QED) is 0.402. The van der Waals surface area contributed by atoms with Crippen molar-refractivity contribution in [1.29, 1.82) is 0 Å². The molecule has 0 aromatic heterocycles. The van der Waals surface area contributed by atoms with Gasteiger partial charge in [0, 0.05) is 4.91 Å². The van der Waals surface area contributed by atoms with Crippen molar-refractivity contribution in [3.05, 3.63) is 10.4 Å². The first-order valence-corrected chi connectivity index (χ1v) is 4.71. The van der Waals surface area contributed by atoms with Gasteiger partial charge in [0.1, 0.15) is 6.04 Å². The fourth-order valence-electron chi connectivity index (χ4n) is 1.69. The Bertz CT molecular complexity index is 242. The van der Waals surface area contributed by atoms with Gasteiger partial charge in [0.05, 0.1) is 0 Å². The van der Waals surface area contributed by atoms with Crippen molar-refractivity contribution >= 4 is 5.97 Å². The van der Waals surface area contributed by atoms with E-state index in [9.17, 15) is 4.79 Å². The van der Waals surface area contributed by atoms with Gasteiger partial charge in [-0.15, -0.1) is 0 Å². The lowest BCUT2D eigenvalue weighted by Gasteiger charge is -2.23. The maximum Gasteiger partial charge on any atom is 0.312 e. The Morgan fingerprint density at radius 3 is 2.79 bits per heavy atom. The van der Waals surface area contributed by atoms with Crippen molar-refractivity contribution in [3.63, 3.8) is 0 Å². The number of aliphatic carboxylic acids is 1. The van der Waals surface area contributed by atoms with Crippen LogP contribution in [-0.2, 0) is 4.79 Å². The summed E-state index contributed by atoms with van der Waals surface area (Å²) in [6, 6.07) is -0.900. The van der Waals surface area contributed by atoms with Gasteiger partial charge in [-0.3, -0.25) is 4.79 Å². The summed E-state index contributed by atoms with van der Waals surface area (Å²) in [5, 5.41) is 15.2. The molecule has 14 heavy (non-hydrogen) atoms. The SMILES string of the molecule is [N-]=[N+]=NC(CC1CCNCC1)C(=O)O. The largest absolute Gasteiger partial charge is 0.481 e. The highest BCUT2D eigenvalue weighted by atomic mass is 16.4. The highest BCUT2D eigenvalue weighted by Crippen LogP contribution is 2.19. The van der Waals surface area contributed by atoms with Crippen LogP contribution in [0.15, 0.2) is 5.11 Å². The van der Waals surface area contributed by atoms with Gasteiger partial charge in [-0.2, -0.15) is 0 Å². The van der Waals surface area contributed by atoms with E-state index in [2.05, 4.69) is 15.3 Å². The number of azide groups is 1. The van der Waals surface area contributed by atoms with Crippen molar-refractivity contribution in [3.8, 4) is 0 Å². The average Bonchev–Trinajstić information content (AvgIpc) is 2.18. The fraction of sp³-hybridized carbons (Fsp3) is 0.875. The van der Waals surface area contributed by atoms with E-state index in [4.69, 9.17) is 10.6 Å². The monoisotopic (exact) mass is 198 g/mol. The standard InChI is InChI=1S/C8H14N4O2/c9-12-11-7(8(13)14)5-6-1-3-10-4-2-6/h6-7,10H,1-5H2,(H,13,14). The van der Waals surface area contributed by atoms with Crippen LogP contribution in [0, 0.1) is 5.92 Å². The van der Waals surface area contributed by atoms with Crippen molar-refractivity contribution in [2.24, 2.45) is 11.0 Å². The molecule has 2 N–H and O–H groups in total. The predicted octanol–water partition coefficient (Wildman–Crippen LogP) is 1.14. The molecule has 0 aromatic carbocycles. The van der Waals surface area contributed by atoms with E-state index < -0.39 is 12.0 Å². The van der Waals surface area contributed by atoms with Crippen molar-refractivity contribution in [1.82, 2.24) is 5.32 Å². The summed E-state index contributed by atoms with van der Waals surface area (Å²) < 4.78 is 0. The smallest absolute Gasteiger partial charge is 0.312 e. The van der Waals surface area contributed by atoms with Gasteiger partial charge < -0.3 is 10.4 Å². The van der Waals surface area contributed by atoms with Gasteiger partial charge in [0.25, 0.3) is 0 Å². The van der Waals surface area contributed by atoms with E-state index >= 15 is 0 Å². The first kappa shape index (κ1) is 10.8. The zero-order valence-corrected chi connectivity index (χ0v) is 7.89. The predicted molar refractivity (Wildman–Crippen MR) is 50.8 cm³/mol. The molecule has 6 heteroatoms. The van der Waals surface area contributed by atoms with Gasteiger partial charge in [0.2, 0.25) is 0 Å². The first-order valence-electron chi connectivity index (χ1n) is 4.71. The van der Waals surface area contributed by atoms with Crippen molar-refractivity contribution in [2.45, 2.75) is 25.3 Å². The van der Waals surface area contributed by atoms with E-state index in [0.717, 1.165) is 25.9 Å². The fourth-order valence-corrected chi connectivity index (χ4v) is 1.69. The number of hydrogen-bond donors (Lipinski definition) is 2. The van der Waals surface area contributed by atoms with Crippen LogP contribution >= 0.6 is 0 Å². The molecule has 0 aromatic rings. The maximum absolute atomic E-state index is 10.7. The average molecular weight is 198 g/mol. The number of carboxylic acids is 1. The number of hydrogen-bond acceptors (Lipinski definition) is 3. The van der Waals surface area contributed by atoms with Crippen molar-refractivity contribution in [2.75, 3.05) is 13.1 Å². The molecule has 1 rings (SSSR count). The summed E-state index contributed by atoms with van der Waals surface area (Å²) >= 11 is 0. The van der Waals surface area contributed by atoms with Crippen LogP contribution in [0.25, 0.3) is 10.4 Å². The summed E-state index contributed by atoms with van der Waals surface area (Å²) in [5.74, 6) is -0.663. The molecule has 0 radical (unpaired) electrons. The number of rotatable bonds is 4. The van der Waals surface area contributed by atoms with Crippen LogP contribution in [0.1, 0.15) is 19.3 Å². The molecular formula is C8H14N4O2. The normalized spacial score (nSPS) is 19.7. The number of nitrogens with one attached hydrogen (secondary N) is 1. The lowest BCUT2D eigenvalue weighted by atomic mass is 9.91. The molecule has 1 saturated heterocycles. The van der Waals surface area contributed by atoms with Gasteiger partial charge in [-0.1, -0.05) is 5.11 Å². The molecular weight excluding hydrogens is 184 g/mol. The highest BCUT2D eigenvalue weighted by molar-refractivity contribution is 5.73. The molecule has 0 spiro atoms. The first-order chi connectivity index (χ1) is 6.74. The molecule has 1 atom stereocenters. The Balaban J connectivity index is 2.45. The number of carboxylic acid groups (broad SMARTS) is 1. The third-order valence-corrected chi connectivity index (χ3v) is 2.49. The minimum absolute atomic E-state index is 0.364. The Morgan fingerprint density at radius 2 is 2.29 bits per heavy atom. The maximum atomic E-state index is 10.7. The molecule has 1 unspecified atom stereocenters. The number of carbonyl (C=O) groups is 1. The van der Waals surface area contributed by atoms with Gasteiger partial charge in [-0.25, -0.2) is 0 Å². The Labute approximate surface area is 81.9 Å². The Hall–Kier alpha value is -1.26. The molecule has 1 fully saturated rings. The summed E-state index contributed by atoms with van der Waals surface area (Å²) in [5.41, 5.74) is 8.20. The van der Waals surface area contributed by atoms with Gasteiger partial charge in [0.15, 0.2) is 0 Å². The minimum Gasteiger partial charge on any atom is -0.481 e. The van der Waals surface area contributed by atoms with E-state index in [1.807, 2.05) is 0 Å². The zero-order valence-electron chi connectivity index (χ0n) is 7.89. The number of nitrogens with zero attached hydrogens (tertiary/aromatic N) is 3. The highest BCUT2D eigenvalue weighted by Gasteiger charge is 2.22. The van der Waals surface area contributed by atoms with Crippen LogP contribution in [0.3, 0.4) is 0 Å². The summed E-state index contributed by atoms with van der Waals surface area (Å²) in [4.78, 5) is 13.2. The Kier molecular flexibility index (Phi) is 4.22. The van der Waals surface area contributed by atoms with Crippen LogP contribution in [0.2, 0.25) is 0 Å². The molecule has 0 saturated carbocycles. The second-order valence-electron chi connectivity index (χ2n) is 3.49. The Morgan fingerprint density at radius 1 is 1.64 bits per heavy atom.